The topological polar surface area (TPSA) is 170 Å². The average Bonchev–Trinajstić information content (AvgIpc) is 3.56. The molecule has 2 atom stereocenters. The van der Waals surface area contributed by atoms with E-state index in [9.17, 15) is 19.5 Å². The molecule has 40 heavy (non-hydrogen) atoms. The van der Waals surface area contributed by atoms with Crippen molar-refractivity contribution in [3.63, 3.8) is 0 Å². The number of fused-ring (bicyclic) bond motifs is 2. The van der Waals surface area contributed by atoms with E-state index < -0.39 is 29.2 Å². The monoisotopic (exact) mass is 602 g/mol. The zero-order valence-electron chi connectivity index (χ0n) is 21.8. The number of aromatic nitrogens is 3. The van der Waals surface area contributed by atoms with Gasteiger partial charge in [0.2, 0.25) is 0 Å². The summed E-state index contributed by atoms with van der Waals surface area (Å²) in [6.07, 6.45) is 3.77. The number of carbonyl (C=O) groups excluding carboxylic acids is 3. The number of nitrogens with one attached hydrogen (secondary N) is 1. The lowest BCUT2D eigenvalue weighted by Gasteiger charge is -2.50. The second-order valence-electron chi connectivity index (χ2n) is 8.83. The highest BCUT2D eigenvalue weighted by molar-refractivity contribution is 8.00. The van der Waals surface area contributed by atoms with E-state index >= 15 is 0 Å². The number of rotatable bonds is 10. The van der Waals surface area contributed by atoms with E-state index in [0.29, 0.717) is 11.3 Å². The predicted molar refractivity (Wildman–Crippen MR) is 151 cm³/mol. The lowest BCUT2D eigenvalue weighted by molar-refractivity contribution is -0.687. The Labute approximate surface area is 241 Å². The first-order valence-electron chi connectivity index (χ1n) is 12.3. The van der Waals surface area contributed by atoms with Crippen molar-refractivity contribution in [2.75, 3.05) is 36.6 Å². The molecule has 0 bridgehead atoms. The van der Waals surface area contributed by atoms with Crippen molar-refractivity contribution in [1.29, 1.82) is 0 Å². The van der Waals surface area contributed by atoms with Crippen LogP contribution in [0.25, 0.3) is 10.2 Å². The minimum atomic E-state index is -1.44. The molecule has 0 radical (unpaired) electrons. The van der Waals surface area contributed by atoms with Crippen LogP contribution >= 0.6 is 34.4 Å². The van der Waals surface area contributed by atoms with Crippen LogP contribution in [0.15, 0.2) is 40.3 Å². The highest BCUT2D eigenvalue weighted by Crippen LogP contribution is 2.40. The van der Waals surface area contributed by atoms with Gasteiger partial charge >= 0.3 is 0 Å². The highest BCUT2D eigenvalue weighted by Gasteiger charge is 2.53. The summed E-state index contributed by atoms with van der Waals surface area (Å²) in [5, 5.41) is 20.7. The van der Waals surface area contributed by atoms with Gasteiger partial charge in [0, 0.05) is 35.9 Å². The fourth-order valence-electron chi connectivity index (χ4n) is 4.55. The Morgan fingerprint density at radius 2 is 2.12 bits per heavy atom. The van der Waals surface area contributed by atoms with Crippen molar-refractivity contribution in [3.8, 4) is 0 Å². The molecule has 13 nitrogen and oxygen atoms in total. The number of amides is 2. The number of thiazole rings is 2. The van der Waals surface area contributed by atoms with Crippen molar-refractivity contribution in [2.45, 2.75) is 31.8 Å². The number of hydrogen-bond acceptors (Lipinski definition) is 13. The first-order chi connectivity index (χ1) is 19.2. The Morgan fingerprint density at radius 1 is 1.35 bits per heavy atom. The molecule has 3 aromatic heterocycles. The normalized spacial score (nSPS) is 18.9. The molecule has 0 aromatic carbocycles. The van der Waals surface area contributed by atoms with Gasteiger partial charge in [0.25, 0.3) is 11.8 Å². The molecule has 2 aliphatic heterocycles. The summed E-state index contributed by atoms with van der Waals surface area (Å²) in [5.41, 5.74) is 6.97. The lowest BCUT2D eigenvalue weighted by atomic mass is 10.0. The number of aliphatic carboxylic acids is 1. The molecule has 0 saturated carbocycles. The second-order valence-corrected chi connectivity index (χ2v) is 11.8. The number of nitrogens with zero attached hydrogens (tertiary/aromatic N) is 6. The maximum Gasteiger partial charge on any atom is 0.276 e. The number of anilines is 2. The molecule has 16 heteroatoms. The summed E-state index contributed by atoms with van der Waals surface area (Å²) in [4.78, 5) is 55.2. The van der Waals surface area contributed by atoms with Gasteiger partial charge in [-0.05, 0) is 13.8 Å². The summed E-state index contributed by atoms with van der Waals surface area (Å²) in [6.45, 7) is 6.11. The summed E-state index contributed by atoms with van der Waals surface area (Å²) >= 11 is 4.06. The van der Waals surface area contributed by atoms with Crippen LogP contribution in [-0.2, 0) is 25.8 Å². The minimum absolute atomic E-state index is 0.141. The Balaban J connectivity index is 1.35. The molecule has 0 spiro atoms. The molecular formula is C24H26N8O5S3. The van der Waals surface area contributed by atoms with E-state index in [-0.39, 0.29) is 28.8 Å². The fraction of sp³-hybridized carbons (Fsp3) is 0.375. The van der Waals surface area contributed by atoms with Crippen LogP contribution in [-0.4, -0.2) is 75.7 Å². The molecule has 3 aromatic rings. The quantitative estimate of drug-likeness (QED) is 0.139. The summed E-state index contributed by atoms with van der Waals surface area (Å²) in [7, 11) is 1.28. The third-order valence-electron chi connectivity index (χ3n) is 6.47. The number of thioether (sulfide) groups is 1. The largest absolute Gasteiger partial charge is 0.543 e. The summed E-state index contributed by atoms with van der Waals surface area (Å²) < 4.78 is 2.85. The number of carboxylic acid groups (broad SMARTS) is 1. The van der Waals surface area contributed by atoms with Crippen LogP contribution in [0.2, 0.25) is 0 Å². The first kappa shape index (κ1) is 27.8. The number of hydrogen-bond donors (Lipinski definition) is 2. The van der Waals surface area contributed by atoms with Crippen LogP contribution in [0.4, 0.5) is 10.3 Å². The lowest BCUT2D eigenvalue weighted by Crippen LogP contribution is -2.71. The molecule has 5 rings (SSSR count). The number of oxime groups is 1. The molecule has 3 N–H and O–H groups in total. The Kier molecular flexibility index (Phi) is 7.91. The molecule has 1 unspecified atom stereocenters. The van der Waals surface area contributed by atoms with Gasteiger partial charge in [-0.1, -0.05) is 16.5 Å². The molecule has 2 amide bonds. The van der Waals surface area contributed by atoms with E-state index in [1.54, 1.807) is 16.7 Å². The van der Waals surface area contributed by atoms with Crippen LogP contribution in [0.1, 0.15) is 19.5 Å². The van der Waals surface area contributed by atoms with E-state index in [4.69, 9.17) is 15.6 Å². The van der Waals surface area contributed by atoms with Gasteiger partial charge in [-0.3, -0.25) is 14.5 Å². The van der Waals surface area contributed by atoms with Gasteiger partial charge in [-0.2, -0.15) is 4.57 Å². The highest BCUT2D eigenvalue weighted by atomic mass is 32.2. The van der Waals surface area contributed by atoms with Crippen molar-refractivity contribution in [3.05, 3.63) is 40.8 Å². The van der Waals surface area contributed by atoms with E-state index in [2.05, 4.69) is 34.2 Å². The number of β-lactam (4-membered cyclic amide) rings is 1. The van der Waals surface area contributed by atoms with Crippen molar-refractivity contribution in [2.24, 2.45) is 5.16 Å². The molecule has 1 fully saturated rings. The standard InChI is InChI=1S/C24H26N8O5S3/c1-4-31(5-2)24-27-13-6-7-30(9-15(13)40-24)8-12-10-38-21-17(20(34)32(21)18(12)22(35)36)28-19(33)16(29-37-3)14-11-39-23(25)26-14/h6-7,9,11,17,21H,4-5,8,10H2,1-3H3,(H3-,25,26,28,33,35,36)/t17?,21-/m0/s1. The molecule has 210 valence electrons. The zero-order valence-corrected chi connectivity index (χ0v) is 24.3. The first-order valence-corrected chi connectivity index (χ1v) is 15.1. The fourth-order valence-corrected chi connectivity index (χ4v) is 7.56. The Bertz CT molecular complexity index is 1550. The third kappa shape index (κ3) is 5.09. The number of pyridine rings is 1. The van der Waals surface area contributed by atoms with Gasteiger partial charge < -0.3 is 30.7 Å². The molecule has 1 saturated heterocycles. The minimum Gasteiger partial charge on any atom is -0.543 e. The predicted octanol–water partition coefficient (Wildman–Crippen LogP) is -0.0767. The maximum absolute atomic E-state index is 13.1. The molecule has 2 aliphatic rings. The molecular weight excluding hydrogens is 577 g/mol. The smallest absolute Gasteiger partial charge is 0.276 e. The van der Waals surface area contributed by atoms with Crippen LogP contribution in [0.5, 0.6) is 0 Å². The van der Waals surface area contributed by atoms with E-state index in [0.717, 1.165) is 39.8 Å². The number of nitrogens with two attached hydrogens (primary N) is 1. The number of nitrogen functional groups attached to an aromatic ring is 1. The van der Waals surface area contributed by atoms with Crippen molar-refractivity contribution < 1.29 is 28.9 Å². The van der Waals surface area contributed by atoms with Crippen LogP contribution in [0, 0.1) is 0 Å². The van der Waals surface area contributed by atoms with Gasteiger partial charge in [0.1, 0.15) is 28.9 Å². The third-order valence-corrected chi connectivity index (χ3v) is 9.55. The van der Waals surface area contributed by atoms with Gasteiger partial charge in [0.05, 0.1) is 17.2 Å². The van der Waals surface area contributed by atoms with E-state index in [1.807, 2.05) is 23.0 Å². The number of carbonyl (C=O) groups is 3. The zero-order chi connectivity index (χ0) is 28.6. The summed E-state index contributed by atoms with van der Waals surface area (Å²) in [5.74, 6) is -2.35. The van der Waals surface area contributed by atoms with Crippen molar-refractivity contribution >= 4 is 78.4 Å². The van der Waals surface area contributed by atoms with Gasteiger partial charge in [-0.15, -0.1) is 23.1 Å². The van der Waals surface area contributed by atoms with Crippen LogP contribution in [0.3, 0.4) is 0 Å². The maximum atomic E-state index is 13.1. The Morgan fingerprint density at radius 3 is 2.77 bits per heavy atom. The average molecular weight is 603 g/mol. The van der Waals surface area contributed by atoms with E-state index in [1.165, 1.54) is 23.8 Å². The molecule has 5 heterocycles. The molecule has 0 aliphatic carbocycles. The van der Waals surface area contributed by atoms with Gasteiger partial charge in [0.15, 0.2) is 34.9 Å². The van der Waals surface area contributed by atoms with Crippen LogP contribution < -0.4 is 25.6 Å². The SMILES string of the molecule is CCN(CC)c1nc2cc[n+](CC3=C(C(=O)[O-])N4C(=O)C(NC(=O)C(=NOC)c5csc(N)n5)[C@@H]4SC3)cc2s1. The summed E-state index contributed by atoms with van der Waals surface area (Å²) in [6, 6.07) is 0.943. The van der Waals surface area contributed by atoms with Gasteiger partial charge in [-0.25, -0.2) is 9.97 Å². The van der Waals surface area contributed by atoms with Crippen molar-refractivity contribution in [1.82, 2.24) is 20.2 Å². The second kappa shape index (κ2) is 11.4. The number of carboxylic acids is 1. The Hall–Kier alpha value is -3.76.